The Hall–Kier alpha value is -1.57. The van der Waals surface area contributed by atoms with E-state index in [0.29, 0.717) is 12.0 Å². The van der Waals surface area contributed by atoms with Crippen LogP contribution in [0.3, 0.4) is 0 Å². The zero-order valence-corrected chi connectivity index (χ0v) is 29.0. The predicted octanol–water partition coefficient (Wildman–Crippen LogP) is 13.3. The third-order valence-electron chi connectivity index (χ3n) is 9.87. The molecule has 2 unspecified atom stereocenters. The Balaban J connectivity index is 1.66. The Labute approximate surface area is 269 Å². The highest BCUT2D eigenvalue weighted by Gasteiger charge is 2.26. The molecule has 0 aliphatic rings. The van der Waals surface area contributed by atoms with Crippen LogP contribution in [-0.2, 0) is 6.42 Å². The number of hydrogen-bond donors (Lipinski definition) is 1. The molecule has 0 fully saturated rings. The second-order valence-electron chi connectivity index (χ2n) is 13.8. The average molecular weight is 594 g/mol. The standard InChI is InChI=1S/C41H72N2/c1-3-5-7-9-11-13-14-15-16-17-18-19-21-22-24-29-33-40(37-39-31-27-26-28-32-39)41(43-36-35-42-38-43)34-30-25-23-20-12-10-8-6-4-2/h26-28,31-32,35-36,38,40-41H,3-25,29-30,33-34,37H2,1-2H3/p+1. The minimum absolute atomic E-state index is 0.604. The number of benzene rings is 1. The monoisotopic (exact) mass is 594 g/mol. The van der Waals surface area contributed by atoms with Crippen LogP contribution in [0, 0.1) is 5.92 Å². The molecule has 1 aromatic heterocycles. The van der Waals surface area contributed by atoms with Crippen LogP contribution in [0.15, 0.2) is 49.1 Å². The van der Waals surface area contributed by atoms with Crippen molar-refractivity contribution in [2.75, 3.05) is 0 Å². The molecule has 1 aromatic carbocycles. The molecule has 246 valence electrons. The third kappa shape index (κ3) is 20.2. The minimum atomic E-state index is 0.604. The van der Waals surface area contributed by atoms with Crippen LogP contribution in [0.2, 0.25) is 0 Å². The number of unbranched alkanes of at least 4 members (excludes halogenated alkanes) is 23. The van der Waals surface area contributed by atoms with Gasteiger partial charge in [0.15, 0.2) is 0 Å². The van der Waals surface area contributed by atoms with Crippen LogP contribution in [-0.4, -0.2) is 4.98 Å². The summed E-state index contributed by atoms with van der Waals surface area (Å²) in [4.78, 5) is 3.35. The number of H-pyrrole nitrogens is 1. The molecule has 0 aliphatic heterocycles. The number of hydrogen-bond acceptors (Lipinski definition) is 0. The van der Waals surface area contributed by atoms with Crippen LogP contribution in [0.5, 0.6) is 0 Å². The summed E-state index contributed by atoms with van der Waals surface area (Å²) in [6, 6.07) is 11.9. The lowest BCUT2D eigenvalue weighted by Gasteiger charge is -2.25. The van der Waals surface area contributed by atoms with Gasteiger partial charge in [0.2, 0.25) is 6.33 Å². The van der Waals surface area contributed by atoms with Crippen molar-refractivity contribution in [3.8, 4) is 0 Å². The highest BCUT2D eigenvalue weighted by atomic mass is 15.1. The Morgan fingerprint density at radius 1 is 0.512 bits per heavy atom. The van der Waals surface area contributed by atoms with Gasteiger partial charge in [0, 0.05) is 5.92 Å². The Bertz CT molecular complexity index is 798. The molecule has 0 radical (unpaired) electrons. The molecule has 2 aromatic rings. The first-order valence-electron chi connectivity index (χ1n) is 19.4. The second-order valence-corrected chi connectivity index (χ2v) is 13.8. The van der Waals surface area contributed by atoms with Gasteiger partial charge in [-0.3, -0.25) is 4.98 Å². The molecule has 2 atom stereocenters. The van der Waals surface area contributed by atoms with E-state index < -0.39 is 0 Å². The van der Waals surface area contributed by atoms with Gasteiger partial charge in [0.1, 0.15) is 18.4 Å². The maximum atomic E-state index is 3.35. The lowest BCUT2D eigenvalue weighted by atomic mass is 9.84. The van der Waals surface area contributed by atoms with E-state index in [2.05, 4.69) is 72.5 Å². The van der Waals surface area contributed by atoms with Gasteiger partial charge in [-0.25, -0.2) is 4.57 Å². The van der Waals surface area contributed by atoms with Gasteiger partial charge in [-0.05, 0) is 31.2 Å². The van der Waals surface area contributed by atoms with Crippen molar-refractivity contribution < 1.29 is 4.57 Å². The lowest BCUT2D eigenvalue weighted by molar-refractivity contribution is -0.730. The highest BCUT2D eigenvalue weighted by molar-refractivity contribution is 5.15. The van der Waals surface area contributed by atoms with Crippen molar-refractivity contribution >= 4 is 0 Å². The van der Waals surface area contributed by atoms with Gasteiger partial charge in [-0.1, -0.05) is 198 Å². The number of imidazole rings is 1. The summed E-state index contributed by atoms with van der Waals surface area (Å²) in [5.41, 5.74) is 1.51. The molecule has 1 N–H and O–H groups in total. The number of rotatable bonds is 31. The fourth-order valence-corrected chi connectivity index (χ4v) is 7.10. The van der Waals surface area contributed by atoms with E-state index in [1.165, 1.54) is 185 Å². The van der Waals surface area contributed by atoms with E-state index in [9.17, 15) is 0 Å². The van der Waals surface area contributed by atoms with Crippen LogP contribution >= 0.6 is 0 Å². The Kier molecular flexibility index (Phi) is 24.4. The Morgan fingerprint density at radius 3 is 1.35 bits per heavy atom. The van der Waals surface area contributed by atoms with Gasteiger partial charge >= 0.3 is 0 Å². The van der Waals surface area contributed by atoms with Gasteiger partial charge < -0.3 is 0 Å². The quantitative estimate of drug-likeness (QED) is 0.0662. The van der Waals surface area contributed by atoms with Gasteiger partial charge in [-0.2, -0.15) is 0 Å². The molecular weight excluding hydrogens is 520 g/mol. The molecule has 2 heteroatoms. The van der Waals surface area contributed by atoms with Crippen molar-refractivity contribution in [1.82, 2.24) is 4.98 Å². The van der Waals surface area contributed by atoms with Crippen LogP contribution in [0.1, 0.15) is 199 Å². The largest absolute Gasteiger partial charge is 0.250 e. The van der Waals surface area contributed by atoms with Gasteiger partial charge in [0.25, 0.3) is 0 Å². The third-order valence-corrected chi connectivity index (χ3v) is 9.87. The fraction of sp³-hybridized carbons (Fsp3) is 0.780. The van der Waals surface area contributed by atoms with Crippen LogP contribution in [0.25, 0.3) is 0 Å². The number of nitrogens with zero attached hydrogens (tertiary/aromatic N) is 1. The minimum Gasteiger partial charge on any atom is -0.250 e. The fourth-order valence-electron chi connectivity index (χ4n) is 7.10. The van der Waals surface area contributed by atoms with Gasteiger partial charge in [0.05, 0.1) is 0 Å². The summed E-state index contributed by atoms with van der Waals surface area (Å²) in [6.07, 6.45) is 46.2. The summed E-state index contributed by atoms with van der Waals surface area (Å²) >= 11 is 0. The van der Waals surface area contributed by atoms with E-state index >= 15 is 0 Å². The molecule has 0 bridgehead atoms. The molecular formula is C41H73N2+. The van der Waals surface area contributed by atoms with Crippen molar-refractivity contribution in [2.24, 2.45) is 5.92 Å². The Morgan fingerprint density at radius 2 is 0.930 bits per heavy atom. The topological polar surface area (TPSA) is 19.7 Å². The van der Waals surface area contributed by atoms with E-state index in [4.69, 9.17) is 0 Å². The second kappa shape index (κ2) is 27.9. The smallest absolute Gasteiger partial charge is 0.241 e. The number of aromatic nitrogens is 2. The number of aromatic amines is 1. The summed E-state index contributed by atoms with van der Waals surface area (Å²) in [5, 5.41) is 0. The van der Waals surface area contributed by atoms with Gasteiger partial charge in [-0.15, -0.1) is 0 Å². The van der Waals surface area contributed by atoms with E-state index in [-0.39, 0.29) is 0 Å². The first-order chi connectivity index (χ1) is 21.3. The SMILES string of the molecule is CCCCCCCCCCCCCCCCCCC(Cc1ccccc1)C(CCCCCCCCCCC)[n+]1cc[nH]c1. The molecule has 0 spiro atoms. The maximum absolute atomic E-state index is 3.35. The highest BCUT2D eigenvalue weighted by Crippen LogP contribution is 2.29. The van der Waals surface area contributed by atoms with E-state index in [0.717, 1.165) is 0 Å². The molecule has 0 saturated heterocycles. The van der Waals surface area contributed by atoms with Crippen molar-refractivity contribution in [3.05, 3.63) is 54.6 Å². The van der Waals surface area contributed by atoms with E-state index in [1.54, 1.807) is 0 Å². The predicted molar refractivity (Wildman–Crippen MR) is 190 cm³/mol. The molecule has 2 rings (SSSR count). The first-order valence-corrected chi connectivity index (χ1v) is 19.4. The van der Waals surface area contributed by atoms with Crippen molar-refractivity contribution in [2.45, 2.75) is 200 Å². The lowest BCUT2D eigenvalue weighted by Crippen LogP contribution is -2.42. The maximum Gasteiger partial charge on any atom is 0.241 e. The molecule has 43 heavy (non-hydrogen) atoms. The summed E-state index contributed by atoms with van der Waals surface area (Å²) in [6.45, 7) is 4.62. The normalized spacial score (nSPS) is 13.0. The van der Waals surface area contributed by atoms with Crippen molar-refractivity contribution in [1.29, 1.82) is 0 Å². The zero-order valence-electron chi connectivity index (χ0n) is 29.0. The van der Waals surface area contributed by atoms with Crippen LogP contribution < -0.4 is 4.57 Å². The molecule has 1 heterocycles. The first kappa shape index (κ1) is 37.6. The summed E-state index contributed by atoms with van der Waals surface area (Å²) < 4.78 is 2.50. The molecule has 2 nitrogen and oxygen atoms in total. The van der Waals surface area contributed by atoms with Crippen molar-refractivity contribution in [3.63, 3.8) is 0 Å². The molecule has 0 aliphatic carbocycles. The molecule has 0 saturated carbocycles. The van der Waals surface area contributed by atoms with E-state index in [1.807, 2.05) is 0 Å². The summed E-state index contributed by atoms with van der Waals surface area (Å²) in [7, 11) is 0. The number of nitrogens with one attached hydrogen (secondary N) is 1. The average Bonchev–Trinajstić information content (AvgIpc) is 3.57. The van der Waals surface area contributed by atoms with Crippen LogP contribution in [0.4, 0.5) is 0 Å². The summed E-state index contributed by atoms with van der Waals surface area (Å²) in [5.74, 6) is 0.712. The zero-order chi connectivity index (χ0) is 30.5. The molecule has 0 amide bonds.